The van der Waals surface area contributed by atoms with Gasteiger partial charge < -0.3 is 21.5 Å². The van der Waals surface area contributed by atoms with Gasteiger partial charge in [-0.05, 0) is 50.0 Å². The van der Waals surface area contributed by atoms with E-state index in [1.807, 2.05) is 0 Å². The van der Waals surface area contributed by atoms with Crippen molar-refractivity contribution in [3.05, 3.63) is 53.0 Å². The molecule has 1 saturated heterocycles. The first kappa shape index (κ1) is 22.7. The summed E-state index contributed by atoms with van der Waals surface area (Å²) in [5.41, 5.74) is 14.9. The summed E-state index contributed by atoms with van der Waals surface area (Å²) in [6, 6.07) is 1.99. The Kier molecular flexibility index (Phi) is 6.11. The average Bonchev–Trinajstić information content (AvgIpc) is 3.09. The number of allylic oxidation sites excluding steroid dienone is 3. The fourth-order valence-electron chi connectivity index (χ4n) is 5.47. The molecule has 2 aliphatic carbocycles. The molecular weight excluding hydrogens is 456 g/mol. The van der Waals surface area contributed by atoms with Crippen LogP contribution in [0.25, 0.3) is 0 Å². The van der Waals surface area contributed by atoms with Gasteiger partial charge in [0.05, 0.1) is 17.3 Å². The van der Waals surface area contributed by atoms with Crippen molar-refractivity contribution in [1.82, 2.24) is 15.0 Å². The number of fused-ring (bicyclic) bond motifs is 1. The minimum atomic E-state index is -0.741. The van der Waals surface area contributed by atoms with Crippen molar-refractivity contribution in [2.75, 3.05) is 23.7 Å². The van der Waals surface area contributed by atoms with E-state index >= 15 is 0 Å². The maximum absolute atomic E-state index is 10.5. The number of hydrogen-bond acceptors (Lipinski definition) is 8. The van der Waals surface area contributed by atoms with E-state index in [1.165, 1.54) is 17.3 Å². The predicted octanol–water partition coefficient (Wildman–Crippen LogP) is 4.13. The lowest BCUT2D eigenvalue weighted by Gasteiger charge is -2.43. The fraction of sp³-hybridized carbons (Fsp3) is 0.458. The van der Waals surface area contributed by atoms with Gasteiger partial charge in [0.25, 0.3) is 0 Å². The van der Waals surface area contributed by atoms with Gasteiger partial charge in [-0.25, -0.2) is 15.0 Å². The molecule has 174 valence electrons. The maximum Gasteiger partial charge on any atom is 0.153 e. The Morgan fingerprint density at radius 3 is 2.82 bits per heavy atom. The van der Waals surface area contributed by atoms with Crippen molar-refractivity contribution in [3.8, 4) is 0 Å². The van der Waals surface area contributed by atoms with Gasteiger partial charge in [0.15, 0.2) is 5.82 Å². The number of aliphatic hydroxyl groups is 1. The highest BCUT2D eigenvalue weighted by molar-refractivity contribution is 7.99. The van der Waals surface area contributed by atoms with Gasteiger partial charge in [-0.3, -0.25) is 0 Å². The van der Waals surface area contributed by atoms with E-state index in [9.17, 15) is 5.11 Å². The van der Waals surface area contributed by atoms with E-state index < -0.39 is 6.10 Å². The first-order valence-electron chi connectivity index (χ1n) is 11.4. The minimum absolute atomic E-state index is 0.158. The molecule has 0 radical (unpaired) electrons. The second-order valence-electron chi connectivity index (χ2n) is 9.27. The summed E-state index contributed by atoms with van der Waals surface area (Å²) < 4.78 is 0. The molecule has 0 aromatic carbocycles. The molecule has 2 aromatic heterocycles. The maximum atomic E-state index is 10.5. The first-order chi connectivity index (χ1) is 15.9. The average molecular weight is 485 g/mol. The number of piperidine rings is 1. The molecule has 1 saturated carbocycles. The molecule has 2 aromatic rings. The number of nitrogens with zero attached hydrogens (tertiary/aromatic N) is 4. The minimum Gasteiger partial charge on any atom is -0.387 e. The summed E-state index contributed by atoms with van der Waals surface area (Å²) in [5, 5.41) is 11.5. The normalized spacial score (nSPS) is 24.6. The third kappa shape index (κ3) is 4.14. The van der Waals surface area contributed by atoms with E-state index in [1.54, 1.807) is 25.4 Å². The first-order valence-corrected chi connectivity index (χ1v) is 12.6. The molecule has 0 amide bonds. The Hall–Kier alpha value is -2.13. The molecule has 5 N–H and O–H groups in total. The van der Waals surface area contributed by atoms with Crippen molar-refractivity contribution in [2.45, 2.75) is 54.7 Å². The molecule has 3 aliphatic rings. The molecular formula is C24H29ClN6OS. The second-order valence-corrected chi connectivity index (χ2v) is 10.7. The molecule has 0 bridgehead atoms. The Labute approximate surface area is 203 Å². The van der Waals surface area contributed by atoms with Gasteiger partial charge in [-0.2, -0.15) is 0 Å². The molecule has 2 unspecified atom stereocenters. The summed E-state index contributed by atoms with van der Waals surface area (Å²) in [6.45, 7) is 3.44. The number of anilines is 2. The quantitative estimate of drug-likeness (QED) is 0.593. The van der Waals surface area contributed by atoms with Crippen molar-refractivity contribution in [3.63, 3.8) is 0 Å². The number of rotatable bonds is 4. The second kappa shape index (κ2) is 8.91. The van der Waals surface area contributed by atoms with Gasteiger partial charge in [0.1, 0.15) is 16.5 Å². The zero-order valence-electron chi connectivity index (χ0n) is 18.6. The van der Waals surface area contributed by atoms with E-state index in [0.29, 0.717) is 21.7 Å². The highest BCUT2D eigenvalue weighted by atomic mass is 35.5. The van der Waals surface area contributed by atoms with Crippen LogP contribution < -0.4 is 16.4 Å². The Bertz CT molecular complexity index is 1110. The summed E-state index contributed by atoms with van der Waals surface area (Å²) in [5.74, 6) is 1.51. The molecule has 1 aliphatic heterocycles. The zero-order chi connectivity index (χ0) is 23.2. The van der Waals surface area contributed by atoms with Gasteiger partial charge in [0, 0.05) is 30.2 Å². The largest absolute Gasteiger partial charge is 0.387 e. The lowest BCUT2D eigenvalue weighted by atomic mass is 9.73. The Morgan fingerprint density at radius 1 is 1.30 bits per heavy atom. The number of pyridine rings is 1. The third-order valence-corrected chi connectivity index (χ3v) is 8.79. The number of hydrogen-bond donors (Lipinski definition) is 3. The summed E-state index contributed by atoms with van der Waals surface area (Å²) in [4.78, 5) is 16.4. The third-order valence-electron chi connectivity index (χ3n) is 7.32. The van der Waals surface area contributed by atoms with E-state index in [2.05, 4.69) is 28.1 Å². The van der Waals surface area contributed by atoms with Crippen molar-refractivity contribution in [2.24, 2.45) is 17.1 Å². The van der Waals surface area contributed by atoms with Crippen LogP contribution in [0.15, 0.2) is 52.2 Å². The van der Waals surface area contributed by atoms with Crippen LogP contribution in [0.5, 0.6) is 0 Å². The lowest BCUT2D eigenvalue weighted by molar-refractivity contribution is 0.179. The number of nitrogen functional groups attached to an aromatic ring is 1. The van der Waals surface area contributed by atoms with Crippen LogP contribution in [0.1, 0.15) is 44.4 Å². The van der Waals surface area contributed by atoms with Crippen molar-refractivity contribution in [1.29, 1.82) is 0 Å². The van der Waals surface area contributed by atoms with Crippen molar-refractivity contribution < 1.29 is 5.11 Å². The smallest absolute Gasteiger partial charge is 0.153 e. The van der Waals surface area contributed by atoms with Crippen LogP contribution in [0.4, 0.5) is 11.6 Å². The van der Waals surface area contributed by atoms with E-state index in [4.69, 9.17) is 33.0 Å². The molecule has 2 fully saturated rings. The Balaban J connectivity index is 1.34. The van der Waals surface area contributed by atoms with Crippen molar-refractivity contribution >= 4 is 35.0 Å². The van der Waals surface area contributed by atoms with Crippen LogP contribution in [-0.2, 0) is 0 Å². The molecule has 3 heterocycles. The number of aromatic nitrogens is 3. The van der Waals surface area contributed by atoms with Crippen LogP contribution in [0, 0.1) is 11.3 Å². The fourth-order valence-corrected chi connectivity index (χ4v) is 6.50. The lowest BCUT2D eigenvalue weighted by Crippen LogP contribution is -2.49. The number of nitrogens with two attached hydrogens (primary N) is 2. The summed E-state index contributed by atoms with van der Waals surface area (Å²) in [7, 11) is 0. The van der Waals surface area contributed by atoms with Crippen LogP contribution >= 0.6 is 23.4 Å². The monoisotopic (exact) mass is 484 g/mol. The van der Waals surface area contributed by atoms with Gasteiger partial charge in [-0.15, -0.1) is 0 Å². The van der Waals surface area contributed by atoms with Gasteiger partial charge in [0.2, 0.25) is 0 Å². The molecule has 9 heteroatoms. The van der Waals surface area contributed by atoms with Crippen LogP contribution in [0.3, 0.4) is 0 Å². The summed E-state index contributed by atoms with van der Waals surface area (Å²) in [6.07, 6.45) is 13.5. The van der Waals surface area contributed by atoms with Gasteiger partial charge in [-0.1, -0.05) is 47.2 Å². The number of halogens is 1. The van der Waals surface area contributed by atoms with Crippen LogP contribution in [-0.4, -0.2) is 39.2 Å². The number of aliphatic hydroxyl groups excluding tert-OH is 1. The molecule has 7 nitrogen and oxygen atoms in total. The highest BCUT2D eigenvalue weighted by Gasteiger charge is 2.50. The SMILES string of the molecule is CC(O)c1nc(Sc2ccnc(N)c2Cl)cnc1N1CCC2(CC1)CC1=CC=CCC1[C@H]2N. The topological polar surface area (TPSA) is 114 Å². The molecule has 5 rings (SSSR count). The predicted molar refractivity (Wildman–Crippen MR) is 132 cm³/mol. The van der Waals surface area contributed by atoms with Gasteiger partial charge >= 0.3 is 0 Å². The molecule has 3 atom stereocenters. The Morgan fingerprint density at radius 2 is 2.09 bits per heavy atom. The molecule has 1 spiro atoms. The zero-order valence-corrected chi connectivity index (χ0v) is 20.2. The molecule has 33 heavy (non-hydrogen) atoms. The van der Waals surface area contributed by atoms with E-state index in [-0.39, 0.29) is 17.3 Å². The standard InChI is InChI=1S/C24H29ClN6OS/c1-14(32)20-23(29-13-18(30-20)33-17-6-9-28-22(27)19(17)25)31-10-7-24(8-11-31)12-15-4-2-3-5-16(15)21(24)26/h2-4,6,9,13-14,16,21,32H,5,7-8,10-12,26H2,1H3,(H2,27,28)/t14?,16?,21-/m1/s1. The van der Waals surface area contributed by atoms with E-state index in [0.717, 1.165) is 49.5 Å². The highest BCUT2D eigenvalue weighted by Crippen LogP contribution is 2.53. The van der Waals surface area contributed by atoms with Crippen LogP contribution in [0.2, 0.25) is 5.02 Å². The summed E-state index contributed by atoms with van der Waals surface area (Å²) >= 11 is 7.64.